The second-order valence-electron chi connectivity index (χ2n) is 4.57. The van der Waals surface area contributed by atoms with E-state index >= 15 is 0 Å². The Morgan fingerprint density at radius 2 is 2.19 bits per heavy atom. The number of hydrogen-bond acceptors (Lipinski definition) is 1. The molecule has 1 aromatic rings. The predicted molar refractivity (Wildman–Crippen MR) is 72.8 cm³/mol. The van der Waals surface area contributed by atoms with E-state index in [-0.39, 0.29) is 0 Å². The molecule has 88 valence electrons. The average molecular weight is 238 g/mol. The smallest absolute Gasteiger partial charge is 0.0411 e. The summed E-state index contributed by atoms with van der Waals surface area (Å²) < 4.78 is 0. The van der Waals surface area contributed by atoms with Crippen LogP contribution in [0.2, 0.25) is 5.02 Å². The third-order valence-corrected chi connectivity index (χ3v) is 2.45. The lowest BCUT2D eigenvalue weighted by atomic mass is 10.1. The molecule has 0 radical (unpaired) electrons. The number of hydrogen-bond donors (Lipinski definition) is 1. The van der Waals surface area contributed by atoms with Crippen LogP contribution in [0.25, 0.3) is 6.08 Å². The van der Waals surface area contributed by atoms with Crippen molar-refractivity contribution in [2.24, 2.45) is 5.92 Å². The minimum atomic E-state index is 0.693. The summed E-state index contributed by atoms with van der Waals surface area (Å²) in [5.74, 6) is 0.693. The van der Waals surface area contributed by atoms with Crippen molar-refractivity contribution in [2.75, 3.05) is 13.1 Å². The zero-order valence-electron chi connectivity index (χ0n) is 10.3. The summed E-state index contributed by atoms with van der Waals surface area (Å²) in [6, 6.07) is 7.92. The van der Waals surface area contributed by atoms with Crippen LogP contribution in [0.3, 0.4) is 0 Å². The van der Waals surface area contributed by atoms with E-state index in [2.05, 4.69) is 38.2 Å². The Morgan fingerprint density at radius 3 is 2.81 bits per heavy atom. The third kappa shape index (κ3) is 5.34. The summed E-state index contributed by atoms with van der Waals surface area (Å²) in [6.45, 7) is 8.55. The van der Waals surface area contributed by atoms with E-state index < -0.39 is 0 Å². The van der Waals surface area contributed by atoms with Gasteiger partial charge in [-0.15, -0.1) is 0 Å². The molecule has 0 bridgehead atoms. The Labute approximate surface area is 104 Å². The number of rotatable bonds is 5. The Kier molecular flexibility index (Phi) is 5.58. The summed E-state index contributed by atoms with van der Waals surface area (Å²) in [5, 5.41) is 4.21. The molecule has 0 amide bonds. The van der Waals surface area contributed by atoms with Gasteiger partial charge < -0.3 is 5.32 Å². The molecule has 0 fully saturated rings. The van der Waals surface area contributed by atoms with Crippen LogP contribution in [-0.4, -0.2) is 13.1 Å². The molecule has 0 saturated heterocycles. The SMILES string of the molecule is CC(=Cc1cccc(Cl)c1)CNCC(C)C. The van der Waals surface area contributed by atoms with Gasteiger partial charge in [-0.1, -0.05) is 49.2 Å². The molecule has 0 aliphatic heterocycles. The molecule has 1 rings (SSSR count). The minimum absolute atomic E-state index is 0.693. The first-order valence-corrected chi connectivity index (χ1v) is 6.09. The van der Waals surface area contributed by atoms with Crippen molar-refractivity contribution >= 4 is 17.7 Å². The standard InChI is InChI=1S/C14H20ClN/c1-11(2)9-16-10-12(3)7-13-5-4-6-14(15)8-13/h4-8,11,16H,9-10H2,1-3H3. The molecule has 0 atom stereocenters. The zero-order chi connectivity index (χ0) is 12.0. The maximum Gasteiger partial charge on any atom is 0.0411 e. The van der Waals surface area contributed by atoms with Crippen LogP contribution in [0.1, 0.15) is 26.3 Å². The van der Waals surface area contributed by atoms with Gasteiger partial charge in [-0.2, -0.15) is 0 Å². The van der Waals surface area contributed by atoms with Gasteiger partial charge in [0.05, 0.1) is 0 Å². The first kappa shape index (κ1) is 13.3. The van der Waals surface area contributed by atoms with Crippen LogP contribution in [0.15, 0.2) is 29.8 Å². The van der Waals surface area contributed by atoms with Gasteiger partial charge in [-0.25, -0.2) is 0 Å². The molecule has 0 aliphatic carbocycles. The topological polar surface area (TPSA) is 12.0 Å². The fraction of sp³-hybridized carbons (Fsp3) is 0.429. The molecular weight excluding hydrogens is 218 g/mol. The molecule has 0 aliphatic rings. The van der Waals surface area contributed by atoms with E-state index in [0.29, 0.717) is 5.92 Å². The molecule has 1 aromatic carbocycles. The molecule has 0 aromatic heterocycles. The molecule has 0 heterocycles. The molecule has 0 saturated carbocycles. The molecule has 1 nitrogen and oxygen atoms in total. The second kappa shape index (κ2) is 6.72. The van der Waals surface area contributed by atoms with E-state index in [1.54, 1.807) is 0 Å². The third-order valence-electron chi connectivity index (χ3n) is 2.22. The molecule has 0 spiro atoms. The quantitative estimate of drug-likeness (QED) is 0.817. The highest BCUT2D eigenvalue weighted by atomic mass is 35.5. The van der Waals surface area contributed by atoms with Crippen molar-refractivity contribution in [3.8, 4) is 0 Å². The Bertz CT molecular complexity index is 356. The van der Waals surface area contributed by atoms with E-state index in [9.17, 15) is 0 Å². The van der Waals surface area contributed by atoms with Gasteiger partial charge >= 0.3 is 0 Å². The number of nitrogens with one attached hydrogen (secondary N) is 1. The van der Waals surface area contributed by atoms with Crippen molar-refractivity contribution < 1.29 is 0 Å². The maximum atomic E-state index is 5.93. The largest absolute Gasteiger partial charge is 0.313 e. The van der Waals surface area contributed by atoms with Crippen LogP contribution >= 0.6 is 11.6 Å². The normalized spacial score (nSPS) is 12.2. The van der Waals surface area contributed by atoms with E-state index in [0.717, 1.165) is 23.7 Å². The molecule has 2 heteroatoms. The number of benzene rings is 1. The van der Waals surface area contributed by atoms with E-state index in [4.69, 9.17) is 11.6 Å². The molecule has 0 unspecified atom stereocenters. The molecule has 16 heavy (non-hydrogen) atoms. The van der Waals surface area contributed by atoms with Crippen LogP contribution in [0.4, 0.5) is 0 Å². The maximum absolute atomic E-state index is 5.93. The lowest BCUT2D eigenvalue weighted by Crippen LogP contribution is -2.21. The molecular formula is C14H20ClN. The van der Waals surface area contributed by atoms with Crippen LogP contribution in [0, 0.1) is 5.92 Å². The first-order chi connectivity index (χ1) is 7.58. The minimum Gasteiger partial charge on any atom is -0.313 e. The van der Waals surface area contributed by atoms with Gasteiger partial charge in [0, 0.05) is 11.6 Å². The highest BCUT2D eigenvalue weighted by Crippen LogP contribution is 2.13. The van der Waals surface area contributed by atoms with E-state index in [1.165, 1.54) is 5.57 Å². The summed E-state index contributed by atoms with van der Waals surface area (Å²) >= 11 is 5.93. The van der Waals surface area contributed by atoms with Gasteiger partial charge in [0.2, 0.25) is 0 Å². The van der Waals surface area contributed by atoms with Crippen LogP contribution < -0.4 is 5.32 Å². The molecule has 1 N–H and O–H groups in total. The zero-order valence-corrected chi connectivity index (χ0v) is 11.0. The lowest BCUT2D eigenvalue weighted by Gasteiger charge is -2.07. The van der Waals surface area contributed by atoms with Crippen LogP contribution in [0.5, 0.6) is 0 Å². The van der Waals surface area contributed by atoms with E-state index in [1.807, 2.05) is 18.2 Å². The predicted octanol–water partition coefficient (Wildman–Crippen LogP) is 3.99. The highest BCUT2D eigenvalue weighted by molar-refractivity contribution is 6.30. The van der Waals surface area contributed by atoms with Gasteiger partial charge in [0.1, 0.15) is 0 Å². The lowest BCUT2D eigenvalue weighted by molar-refractivity contribution is 0.572. The Balaban J connectivity index is 2.49. The first-order valence-electron chi connectivity index (χ1n) is 5.71. The van der Waals surface area contributed by atoms with Gasteiger partial charge in [0.25, 0.3) is 0 Å². The Morgan fingerprint density at radius 1 is 1.44 bits per heavy atom. The van der Waals surface area contributed by atoms with Gasteiger partial charge in [-0.05, 0) is 37.1 Å². The number of halogens is 1. The van der Waals surface area contributed by atoms with Crippen molar-refractivity contribution in [1.29, 1.82) is 0 Å². The van der Waals surface area contributed by atoms with Crippen molar-refractivity contribution in [3.05, 3.63) is 40.4 Å². The average Bonchev–Trinajstić information content (AvgIpc) is 2.16. The summed E-state index contributed by atoms with van der Waals surface area (Å²) in [7, 11) is 0. The summed E-state index contributed by atoms with van der Waals surface area (Å²) in [5.41, 5.74) is 2.49. The van der Waals surface area contributed by atoms with Crippen molar-refractivity contribution in [2.45, 2.75) is 20.8 Å². The Hall–Kier alpha value is -0.790. The van der Waals surface area contributed by atoms with Crippen molar-refractivity contribution in [1.82, 2.24) is 5.32 Å². The summed E-state index contributed by atoms with van der Waals surface area (Å²) in [6.07, 6.45) is 2.17. The highest BCUT2D eigenvalue weighted by Gasteiger charge is 1.95. The fourth-order valence-corrected chi connectivity index (χ4v) is 1.69. The monoisotopic (exact) mass is 237 g/mol. The van der Waals surface area contributed by atoms with Crippen LogP contribution in [-0.2, 0) is 0 Å². The summed E-state index contributed by atoms with van der Waals surface area (Å²) in [4.78, 5) is 0. The fourth-order valence-electron chi connectivity index (χ4n) is 1.49. The van der Waals surface area contributed by atoms with Gasteiger partial charge in [-0.3, -0.25) is 0 Å². The van der Waals surface area contributed by atoms with Crippen molar-refractivity contribution in [3.63, 3.8) is 0 Å². The second-order valence-corrected chi connectivity index (χ2v) is 5.01. The van der Waals surface area contributed by atoms with Gasteiger partial charge in [0.15, 0.2) is 0 Å².